The van der Waals surface area contributed by atoms with Gasteiger partial charge in [-0.3, -0.25) is 29.1 Å². The van der Waals surface area contributed by atoms with E-state index < -0.39 is 80.3 Å². The molecule has 6 rings (SSSR count). The molecule has 3 N–H and O–H groups in total. The van der Waals surface area contributed by atoms with Crippen LogP contribution in [0, 0.1) is 5.92 Å². The minimum Gasteiger partial charge on any atom is -0.457 e. The molecule has 16 heteroatoms. The number of benzene rings is 1. The lowest BCUT2D eigenvalue weighted by molar-refractivity contribution is -0.141. The molecule has 51 heavy (non-hydrogen) atoms. The maximum absolute atomic E-state index is 14.3. The molecule has 5 atom stereocenters. The highest BCUT2D eigenvalue weighted by atomic mass is 32.2. The molecular formula is C35H44N6O9S. The Bertz CT molecular complexity index is 1860. The molecule has 0 unspecified atom stereocenters. The molecule has 1 aromatic carbocycles. The summed E-state index contributed by atoms with van der Waals surface area (Å²) in [5.41, 5.74) is -1.10. The topological polar surface area (TPSA) is 203 Å². The largest absolute Gasteiger partial charge is 0.457 e. The standard InChI is InChI=1S/C35H44N6O9S/c1-34(2,3)50-33(46)38-26-10-8-6-4-5-7-9-22-19-35(22,32(45)40-51(47,48)24-12-13-24)39-29(42)28-18-23(20-41(28)30(26)43)49-31(44)21-11-14-25-27(17-21)37-16-15-36-25/h7,9,11,14-17,22-24,26,28H,4-6,8,10,12-13,18-20H2,1-3H3,(H,38,46)(H,39,42)(H,40,45)/b9-7-/t22-,23-,26+,28+,35-/m1/s1. The van der Waals surface area contributed by atoms with Crippen LogP contribution in [0.1, 0.15) is 88.9 Å². The Hall–Kier alpha value is -4.60. The van der Waals surface area contributed by atoms with Gasteiger partial charge in [0.15, 0.2) is 0 Å². The minimum atomic E-state index is -3.91. The van der Waals surface area contributed by atoms with Gasteiger partial charge in [0.25, 0.3) is 5.91 Å². The highest BCUT2D eigenvalue weighted by Crippen LogP contribution is 2.46. The van der Waals surface area contributed by atoms with Crippen molar-refractivity contribution >= 4 is 50.8 Å². The van der Waals surface area contributed by atoms with Gasteiger partial charge in [-0.1, -0.05) is 25.0 Å². The monoisotopic (exact) mass is 724 g/mol. The van der Waals surface area contributed by atoms with Crippen LogP contribution in [0.5, 0.6) is 0 Å². The lowest BCUT2D eigenvalue weighted by Gasteiger charge is -2.30. The molecule has 4 aliphatic rings. The van der Waals surface area contributed by atoms with Crippen LogP contribution < -0.4 is 15.4 Å². The van der Waals surface area contributed by atoms with Crippen molar-refractivity contribution in [3.63, 3.8) is 0 Å². The summed E-state index contributed by atoms with van der Waals surface area (Å²) >= 11 is 0. The van der Waals surface area contributed by atoms with Crippen molar-refractivity contribution in [1.29, 1.82) is 0 Å². The molecule has 274 valence electrons. The molecule has 15 nitrogen and oxygen atoms in total. The lowest BCUT2D eigenvalue weighted by atomic mass is 10.0. The molecular weight excluding hydrogens is 680 g/mol. The Morgan fingerprint density at radius 1 is 1.02 bits per heavy atom. The van der Waals surface area contributed by atoms with Gasteiger partial charge in [0.1, 0.15) is 29.3 Å². The molecule has 2 aliphatic heterocycles. The van der Waals surface area contributed by atoms with Gasteiger partial charge in [0.2, 0.25) is 21.8 Å². The molecule has 2 aromatic rings. The molecule has 4 amide bonds. The Kier molecular flexibility index (Phi) is 10.1. The van der Waals surface area contributed by atoms with E-state index in [4.69, 9.17) is 9.47 Å². The fraction of sp³-hybridized carbons (Fsp3) is 0.571. The summed E-state index contributed by atoms with van der Waals surface area (Å²) in [6.45, 7) is 4.94. The van der Waals surface area contributed by atoms with Crippen molar-refractivity contribution in [3.05, 3.63) is 48.3 Å². The number of ether oxygens (including phenoxy) is 2. The van der Waals surface area contributed by atoms with Crippen molar-refractivity contribution < 1.29 is 41.9 Å². The van der Waals surface area contributed by atoms with E-state index >= 15 is 0 Å². The predicted octanol–water partition coefficient (Wildman–Crippen LogP) is 2.65. The number of carbonyl (C=O) groups excluding carboxylic acids is 5. The van der Waals surface area contributed by atoms with E-state index in [0.717, 1.165) is 12.8 Å². The first-order chi connectivity index (χ1) is 24.1. The number of hydrogen-bond acceptors (Lipinski definition) is 11. The summed E-state index contributed by atoms with van der Waals surface area (Å²) < 4.78 is 38.9. The number of rotatable bonds is 6. The Morgan fingerprint density at radius 3 is 2.49 bits per heavy atom. The van der Waals surface area contributed by atoms with Gasteiger partial charge in [0.05, 0.1) is 28.4 Å². The zero-order valence-corrected chi connectivity index (χ0v) is 29.7. The van der Waals surface area contributed by atoms with Crippen LogP contribution in [0.4, 0.5) is 4.79 Å². The van der Waals surface area contributed by atoms with Crippen molar-refractivity contribution in [2.75, 3.05) is 6.54 Å². The molecule has 1 saturated heterocycles. The number of nitrogens with zero attached hydrogens (tertiary/aromatic N) is 3. The molecule has 0 spiro atoms. The number of amides is 4. The zero-order chi connectivity index (χ0) is 36.6. The van der Waals surface area contributed by atoms with Crippen LogP contribution in [-0.4, -0.2) is 94.2 Å². The van der Waals surface area contributed by atoms with Crippen molar-refractivity contribution in [3.8, 4) is 0 Å². The first-order valence-electron chi connectivity index (χ1n) is 17.4. The fourth-order valence-corrected chi connectivity index (χ4v) is 7.97. The smallest absolute Gasteiger partial charge is 0.408 e. The number of aromatic nitrogens is 2. The van der Waals surface area contributed by atoms with Gasteiger partial charge in [-0.2, -0.15) is 0 Å². The lowest BCUT2D eigenvalue weighted by Crippen LogP contribution is -2.58. The average Bonchev–Trinajstić information content (AvgIpc) is 3.99. The second-order valence-corrected chi connectivity index (χ2v) is 16.7. The van der Waals surface area contributed by atoms with E-state index in [9.17, 15) is 32.4 Å². The molecule has 2 saturated carbocycles. The number of alkyl carbamates (subject to hydrolysis) is 1. The van der Waals surface area contributed by atoms with E-state index in [0.29, 0.717) is 36.7 Å². The number of sulfonamides is 1. The van der Waals surface area contributed by atoms with Gasteiger partial charge < -0.3 is 25.0 Å². The van der Waals surface area contributed by atoms with Crippen LogP contribution in [-0.2, 0) is 33.9 Å². The number of nitrogens with one attached hydrogen (secondary N) is 3. The summed E-state index contributed by atoms with van der Waals surface area (Å²) in [7, 11) is -3.91. The van der Waals surface area contributed by atoms with Crippen LogP contribution in [0.15, 0.2) is 42.7 Å². The van der Waals surface area contributed by atoms with Gasteiger partial charge >= 0.3 is 12.1 Å². The van der Waals surface area contributed by atoms with Crippen molar-refractivity contribution in [1.82, 2.24) is 30.2 Å². The first kappa shape index (κ1) is 36.2. The summed E-state index contributed by atoms with van der Waals surface area (Å²) in [4.78, 5) is 78.0. The maximum atomic E-state index is 14.3. The van der Waals surface area contributed by atoms with Gasteiger partial charge in [-0.15, -0.1) is 0 Å². The van der Waals surface area contributed by atoms with Crippen LogP contribution >= 0.6 is 0 Å². The van der Waals surface area contributed by atoms with E-state index in [1.54, 1.807) is 32.9 Å². The Balaban J connectivity index is 1.27. The number of hydrogen-bond donors (Lipinski definition) is 3. The quantitative estimate of drug-likeness (QED) is 0.292. The number of allylic oxidation sites excluding steroid dienone is 1. The van der Waals surface area contributed by atoms with Crippen LogP contribution in [0.2, 0.25) is 0 Å². The summed E-state index contributed by atoms with van der Waals surface area (Å²) in [5.74, 6) is -3.26. The normalized spacial score (nSPS) is 27.9. The fourth-order valence-electron chi connectivity index (χ4n) is 6.61. The SMILES string of the molecule is CC(C)(C)OC(=O)N[C@H]1CCCCC/C=C\[C@@H]2C[C@@]2(C(=O)NS(=O)(=O)C2CC2)NC(=O)[C@@H]2C[C@@H](OC(=O)c3ccc4nccnc4c3)CN2C1=O. The molecule has 2 aliphatic carbocycles. The summed E-state index contributed by atoms with van der Waals surface area (Å²) in [5, 5.41) is 4.83. The maximum Gasteiger partial charge on any atom is 0.408 e. The van der Waals surface area contributed by atoms with E-state index in [-0.39, 0.29) is 31.4 Å². The van der Waals surface area contributed by atoms with E-state index in [1.165, 1.54) is 23.4 Å². The second-order valence-electron chi connectivity index (χ2n) is 14.7. The number of esters is 1. The highest BCUT2D eigenvalue weighted by molar-refractivity contribution is 7.91. The molecule has 1 aromatic heterocycles. The molecule has 3 heterocycles. The molecule has 0 bridgehead atoms. The van der Waals surface area contributed by atoms with Gasteiger partial charge in [-0.25, -0.2) is 18.0 Å². The minimum absolute atomic E-state index is 0.103. The van der Waals surface area contributed by atoms with Gasteiger partial charge in [0, 0.05) is 24.7 Å². The van der Waals surface area contributed by atoms with Gasteiger partial charge in [-0.05, 0) is 77.5 Å². The first-order valence-corrected chi connectivity index (χ1v) is 19.0. The average molecular weight is 725 g/mol. The van der Waals surface area contributed by atoms with Crippen molar-refractivity contribution in [2.24, 2.45) is 5.92 Å². The summed E-state index contributed by atoms with van der Waals surface area (Å²) in [6, 6.07) is 2.46. The Labute approximate surface area is 296 Å². The third-order valence-corrected chi connectivity index (χ3v) is 11.3. The number of fused-ring (bicyclic) bond motifs is 3. The van der Waals surface area contributed by atoms with Crippen LogP contribution in [0.3, 0.4) is 0 Å². The van der Waals surface area contributed by atoms with E-state index in [1.807, 2.05) is 12.2 Å². The second kappa shape index (κ2) is 14.2. The number of carbonyl (C=O) groups is 5. The predicted molar refractivity (Wildman–Crippen MR) is 183 cm³/mol. The molecule has 3 fully saturated rings. The zero-order valence-electron chi connectivity index (χ0n) is 28.9. The van der Waals surface area contributed by atoms with Crippen LogP contribution in [0.25, 0.3) is 11.0 Å². The van der Waals surface area contributed by atoms with E-state index in [2.05, 4.69) is 25.3 Å². The summed E-state index contributed by atoms with van der Waals surface area (Å²) in [6.07, 6.45) is 9.06. The highest BCUT2D eigenvalue weighted by Gasteiger charge is 2.62. The molecule has 0 radical (unpaired) electrons. The third kappa shape index (κ3) is 8.48. The van der Waals surface area contributed by atoms with Crippen molar-refractivity contribution in [2.45, 2.75) is 113 Å². The Morgan fingerprint density at radius 2 is 1.76 bits per heavy atom. The third-order valence-electron chi connectivity index (χ3n) is 9.51.